The maximum Gasteiger partial charge on any atom is 0.225 e. The quantitative estimate of drug-likeness (QED) is 0.763. The summed E-state index contributed by atoms with van der Waals surface area (Å²) < 4.78 is 0. The zero-order valence-corrected chi connectivity index (χ0v) is 11.4. The number of carbonyl (C=O) groups is 1. The minimum atomic E-state index is 0. The summed E-state index contributed by atoms with van der Waals surface area (Å²) in [6.07, 6.45) is 5.40. The second kappa shape index (κ2) is 7.19. The highest BCUT2D eigenvalue weighted by molar-refractivity contribution is 5.85. The SMILES string of the molecule is CN(CCNC(=O)C1CNC1)C1CCCC1.Cl. The Bertz CT molecular complexity index is 240. The Labute approximate surface area is 110 Å². The van der Waals surface area contributed by atoms with Gasteiger partial charge < -0.3 is 15.5 Å². The molecule has 0 aromatic heterocycles. The monoisotopic (exact) mass is 261 g/mol. The van der Waals surface area contributed by atoms with Gasteiger partial charge in [0.25, 0.3) is 0 Å². The standard InChI is InChI=1S/C12H23N3O.ClH/c1-15(11-4-2-3-5-11)7-6-14-12(16)10-8-13-9-10;/h10-11,13H,2-9H2,1H3,(H,14,16);1H. The van der Waals surface area contributed by atoms with Crippen LogP contribution in [0, 0.1) is 5.92 Å². The zero-order chi connectivity index (χ0) is 11.4. The highest BCUT2D eigenvalue weighted by atomic mass is 35.5. The first-order valence-electron chi connectivity index (χ1n) is 6.46. The molecule has 0 radical (unpaired) electrons. The molecule has 0 atom stereocenters. The number of nitrogens with zero attached hydrogens (tertiary/aromatic N) is 1. The van der Waals surface area contributed by atoms with Crippen LogP contribution in [0.15, 0.2) is 0 Å². The summed E-state index contributed by atoms with van der Waals surface area (Å²) in [5.41, 5.74) is 0. The Morgan fingerprint density at radius 1 is 1.35 bits per heavy atom. The number of halogens is 1. The molecule has 5 heteroatoms. The van der Waals surface area contributed by atoms with Crippen molar-refractivity contribution in [3.8, 4) is 0 Å². The molecule has 1 amide bonds. The zero-order valence-electron chi connectivity index (χ0n) is 10.6. The van der Waals surface area contributed by atoms with E-state index in [9.17, 15) is 4.79 Å². The normalized spacial score (nSPS) is 21.1. The van der Waals surface area contributed by atoms with Crippen LogP contribution in [0.5, 0.6) is 0 Å². The molecule has 2 N–H and O–H groups in total. The number of nitrogens with one attached hydrogen (secondary N) is 2. The Kier molecular flexibility index (Phi) is 6.23. The van der Waals surface area contributed by atoms with Gasteiger partial charge in [0.2, 0.25) is 5.91 Å². The van der Waals surface area contributed by atoms with Crippen LogP contribution in [-0.4, -0.2) is 50.1 Å². The minimum absolute atomic E-state index is 0. The fourth-order valence-corrected chi connectivity index (χ4v) is 2.50. The maximum absolute atomic E-state index is 11.6. The molecule has 0 bridgehead atoms. The molecule has 1 aliphatic heterocycles. The van der Waals surface area contributed by atoms with Crippen LogP contribution in [0.3, 0.4) is 0 Å². The van der Waals surface area contributed by atoms with Gasteiger partial charge in [-0.2, -0.15) is 0 Å². The van der Waals surface area contributed by atoms with Crippen LogP contribution in [0.4, 0.5) is 0 Å². The van der Waals surface area contributed by atoms with E-state index in [2.05, 4.69) is 22.6 Å². The molecule has 4 nitrogen and oxygen atoms in total. The number of carbonyl (C=O) groups excluding carboxylic acids is 1. The predicted octanol–water partition coefficient (Wildman–Crippen LogP) is 0.618. The first-order valence-corrected chi connectivity index (χ1v) is 6.46. The van der Waals surface area contributed by atoms with Crippen molar-refractivity contribution in [1.82, 2.24) is 15.5 Å². The molecular weight excluding hydrogens is 238 g/mol. The molecule has 2 aliphatic rings. The van der Waals surface area contributed by atoms with Gasteiger partial charge in [0.15, 0.2) is 0 Å². The van der Waals surface area contributed by atoms with Crippen LogP contribution in [0.25, 0.3) is 0 Å². The minimum Gasteiger partial charge on any atom is -0.354 e. The molecule has 100 valence electrons. The molecule has 1 saturated carbocycles. The molecular formula is C12H24ClN3O. The van der Waals surface area contributed by atoms with Gasteiger partial charge >= 0.3 is 0 Å². The van der Waals surface area contributed by atoms with Gasteiger partial charge in [-0.25, -0.2) is 0 Å². The van der Waals surface area contributed by atoms with Crippen LogP contribution < -0.4 is 10.6 Å². The molecule has 0 unspecified atom stereocenters. The van der Waals surface area contributed by atoms with Crippen LogP contribution in [-0.2, 0) is 4.79 Å². The van der Waals surface area contributed by atoms with E-state index >= 15 is 0 Å². The van der Waals surface area contributed by atoms with Crippen LogP contribution >= 0.6 is 12.4 Å². The summed E-state index contributed by atoms with van der Waals surface area (Å²) >= 11 is 0. The van der Waals surface area contributed by atoms with E-state index in [0.29, 0.717) is 0 Å². The Morgan fingerprint density at radius 3 is 2.53 bits per heavy atom. The molecule has 1 saturated heterocycles. The predicted molar refractivity (Wildman–Crippen MR) is 71.5 cm³/mol. The fraction of sp³-hybridized carbons (Fsp3) is 0.917. The van der Waals surface area contributed by atoms with E-state index in [4.69, 9.17) is 0 Å². The summed E-state index contributed by atoms with van der Waals surface area (Å²) in [4.78, 5) is 14.0. The highest BCUT2D eigenvalue weighted by Crippen LogP contribution is 2.21. The lowest BCUT2D eigenvalue weighted by Crippen LogP contribution is -2.51. The first-order chi connectivity index (χ1) is 7.77. The number of hydrogen-bond acceptors (Lipinski definition) is 3. The number of amides is 1. The smallest absolute Gasteiger partial charge is 0.225 e. The number of rotatable bonds is 5. The molecule has 2 rings (SSSR count). The van der Waals surface area contributed by atoms with Crippen molar-refractivity contribution >= 4 is 18.3 Å². The molecule has 1 aliphatic carbocycles. The van der Waals surface area contributed by atoms with Gasteiger partial charge in [-0.3, -0.25) is 4.79 Å². The lowest BCUT2D eigenvalue weighted by atomic mass is 10.0. The number of likely N-dealkylation sites (N-methyl/N-ethyl adjacent to an activating group) is 1. The van der Waals surface area contributed by atoms with E-state index in [-0.39, 0.29) is 24.2 Å². The van der Waals surface area contributed by atoms with Crippen molar-refractivity contribution in [2.75, 3.05) is 33.2 Å². The Balaban J connectivity index is 0.00000144. The van der Waals surface area contributed by atoms with Gasteiger partial charge in [0.05, 0.1) is 5.92 Å². The van der Waals surface area contributed by atoms with Crippen LogP contribution in [0.1, 0.15) is 25.7 Å². The van der Waals surface area contributed by atoms with E-state index in [1.807, 2.05) is 0 Å². The molecule has 17 heavy (non-hydrogen) atoms. The third-order valence-corrected chi connectivity index (χ3v) is 3.86. The van der Waals surface area contributed by atoms with Gasteiger partial charge in [0, 0.05) is 32.2 Å². The summed E-state index contributed by atoms with van der Waals surface area (Å²) in [7, 11) is 2.17. The van der Waals surface area contributed by atoms with E-state index in [0.717, 1.165) is 32.2 Å². The van der Waals surface area contributed by atoms with Gasteiger partial charge in [-0.1, -0.05) is 12.8 Å². The average molecular weight is 262 g/mol. The van der Waals surface area contributed by atoms with E-state index in [1.165, 1.54) is 25.7 Å². The third-order valence-electron chi connectivity index (χ3n) is 3.86. The van der Waals surface area contributed by atoms with Crippen molar-refractivity contribution in [2.24, 2.45) is 5.92 Å². The fourth-order valence-electron chi connectivity index (χ4n) is 2.50. The summed E-state index contributed by atoms with van der Waals surface area (Å²) in [5, 5.41) is 6.13. The van der Waals surface area contributed by atoms with E-state index < -0.39 is 0 Å². The van der Waals surface area contributed by atoms with Crippen LogP contribution in [0.2, 0.25) is 0 Å². The topological polar surface area (TPSA) is 44.4 Å². The molecule has 1 heterocycles. The highest BCUT2D eigenvalue weighted by Gasteiger charge is 2.24. The Morgan fingerprint density at radius 2 is 2.00 bits per heavy atom. The molecule has 2 fully saturated rings. The second-order valence-corrected chi connectivity index (χ2v) is 5.07. The van der Waals surface area contributed by atoms with Crippen molar-refractivity contribution in [3.63, 3.8) is 0 Å². The summed E-state index contributed by atoms with van der Waals surface area (Å²) in [5.74, 6) is 0.440. The van der Waals surface area contributed by atoms with Gasteiger partial charge in [0.1, 0.15) is 0 Å². The van der Waals surface area contributed by atoms with Crippen molar-refractivity contribution in [2.45, 2.75) is 31.7 Å². The van der Waals surface area contributed by atoms with E-state index in [1.54, 1.807) is 0 Å². The molecule has 0 aromatic rings. The van der Waals surface area contributed by atoms with Crippen molar-refractivity contribution in [3.05, 3.63) is 0 Å². The lowest BCUT2D eigenvalue weighted by Gasteiger charge is -2.27. The summed E-state index contributed by atoms with van der Waals surface area (Å²) in [6, 6.07) is 0.752. The molecule has 0 aromatic carbocycles. The Hall–Kier alpha value is -0.320. The largest absolute Gasteiger partial charge is 0.354 e. The first kappa shape index (κ1) is 14.7. The maximum atomic E-state index is 11.6. The lowest BCUT2D eigenvalue weighted by molar-refractivity contribution is -0.126. The van der Waals surface area contributed by atoms with Gasteiger partial charge in [-0.05, 0) is 19.9 Å². The summed E-state index contributed by atoms with van der Waals surface area (Å²) in [6.45, 7) is 3.48. The van der Waals surface area contributed by atoms with Crippen molar-refractivity contribution in [1.29, 1.82) is 0 Å². The van der Waals surface area contributed by atoms with Crippen molar-refractivity contribution < 1.29 is 4.79 Å². The second-order valence-electron chi connectivity index (χ2n) is 5.07. The van der Waals surface area contributed by atoms with Gasteiger partial charge in [-0.15, -0.1) is 12.4 Å². The number of hydrogen-bond donors (Lipinski definition) is 2. The molecule has 0 spiro atoms. The average Bonchev–Trinajstić information content (AvgIpc) is 2.67. The third kappa shape index (κ3) is 4.12.